The van der Waals surface area contributed by atoms with Crippen molar-refractivity contribution in [3.8, 4) is 0 Å². The Morgan fingerprint density at radius 2 is 2.00 bits per heavy atom. The molecule has 0 atom stereocenters. The standard InChI is InChI=1S/C9H9Si/c1-10-7-6-8-4-2-3-5-9(8)10/h2-7H,1H3. The maximum absolute atomic E-state index is 2.34. The Bertz CT molecular complexity index is 276. The van der Waals surface area contributed by atoms with Crippen molar-refractivity contribution in [2.24, 2.45) is 0 Å². The van der Waals surface area contributed by atoms with Gasteiger partial charge in [0.1, 0.15) is 8.80 Å². The van der Waals surface area contributed by atoms with Crippen molar-refractivity contribution in [2.45, 2.75) is 6.55 Å². The van der Waals surface area contributed by atoms with Crippen LogP contribution in [0.1, 0.15) is 5.56 Å². The van der Waals surface area contributed by atoms with Gasteiger partial charge in [-0.05, 0) is 10.8 Å². The van der Waals surface area contributed by atoms with Crippen molar-refractivity contribution < 1.29 is 0 Å². The lowest BCUT2D eigenvalue weighted by Crippen LogP contribution is -2.22. The monoisotopic (exact) mass is 145 g/mol. The van der Waals surface area contributed by atoms with E-state index in [1.807, 2.05) is 0 Å². The third kappa shape index (κ3) is 0.745. The first-order valence-corrected chi connectivity index (χ1v) is 5.57. The second-order valence-electron chi connectivity index (χ2n) is 2.60. The molecule has 0 amide bonds. The third-order valence-electron chi connectivity index (χ3n) is 1.90. The molecule has 49 valence electrons. The fourth-order valence-corrected chi connectivity index (χ4v) is 2.90. The summed E-state index contributed by atoms with van der Waals surface area (Å²) in [5.74, 6) is 0. The van der Waals surface area contributed by atoms with Crippen molar-refractivity contribution in [1.82, 2.24) is 0 Å². The Morgan fingerprint density at radius 1 is 1.20 bits per heavy atom. The summed E-state index contributed by atoms with van der Waals surface area (Å²) >= 11 is 0. The molecule has 1 radical (unpaired) electrons. The van der Waals surface area contributed by atoms with Gasteiger partial charge in [-0.1, -0.05) is 42.6 Å². The molecule has 0 saturated carbocycles. The van der Waals surface area contributed by atoms with E-state index in [-0.39, 0.29) is 8.80 Å². The van der Waals surface area contributed by atoms with Crippen LogP contribution >= 0.6 is 0 Å². The molecule has 0 aliphatic carbocycles. The Kier molecular flexibility index (Phi) is 1.24. The molecule has 10 heavy (non-hydrogen) atoms. The van der Waals surface area contributed by atoms with Crippen molar-refractivity contribution in [2.75, 3.05) is 0 Å². The molecule has 0 bridgehead atoms. The van der Waals surface area contributed by atoms with Crippen LogP contribution in [-0.4, -0.2) is 8.80 Å². The smallest absolute Gasteiger partial charge is 0.0910 e. The van der Waals surface area contributed by atoms with Gasteiger partial charge in [0.15, 0.2) is 0 Å². The number of rotatable bonds is 0. The van der Waals surface area contributed by atoms with Crippen LogP contribution in [0.5, 0.6) is 0 Å². The Hall–Kier alpha value is -0.823. The highest BCUT2D eigenvalue weighted by molar-refractivity contribution is 6.79. The minimum atomic E-state index is -0.295. The maximum Gasteiger partial charge on any atom is 0.110 e. The van der Waals surface area contributed by atoms with Crippen LogP contribution in [0.3, 0.4) is 0 Å². The fourth-order valence-electron chi connectivity index (χ4n) is 1.31. The lowest BCUT2D eigenvalue weighted by molar-refractivity contribution is 1.73. The van der Waals surface area contributed by atoms with Crippen molar-refractivity contribution in [3.05, 3.63) is 35.5 Å². The molecule has 0 spiro atoms. The van der Waals surface area contributed by atoms with Crippen LogP contribution in [0.25, 0.3) is 6.08 Å². The summed E-state index contributed by atoms with van der Waals surface area (Å²) < 4.78 is 0. The lowest BCUT2D eigenvalue weighted by atomic mass is 10.2. The maximum atomic E-state index is 2.34. The zero-order valence-corrected chi connectivity index (χ0v) is 6.96. The summed E-state index contributed by atoms with van der Waals surface area (Å²) in [6.45, 7) is 2.33. The Labute approximate surface area is 62.8 Å². The highest BCUT2D eigenvalue weighted by Gasteiger charge is 2.11. The molecule has 1 aromatic rings. The van der Waals surface area contributed by atoms with Crippen molar-refractivity contribution >= 4 is 20.1 Å². The van der Waals surface area contributed by atoms with Gasteiger partial charge in [-0.25, -0.2) is 0 Å². The van der Waals surface area contributed by atoms with E-state index in [0.29, 0.717) is 0 Å². The summed E-state index contributed by atoms with van der Waals surface area (Å²) in [6, 6.07) is 8.65. The van der Waals surface area contributed by atoms with Gasteiger partial charge >= 0.3 is 0 Å². The van der Waals surface area contributed by atoms with Gasteiger partial charge in [0.05, 0.1) is 0 Å². The van der Waals surface area contributed by atoms with Gasteiger partial charge < -0.3 is 0 Å². The minimum Gasteiger partial charge on any atom is -0.0910 e. The molecule has 0 fully saturated rings. The van der Waals surface area contributed by atoms with Crippen LogP contribution in [0.2, 0.25) is 6.55 Å². The molecule has 1 aromatic carbocycles. The van der Waals surface area contributed by atoms with Crippen molar-refractivity contribution in [1.29, 1.82) is 0 Å². The third-order valence-corrected chi connectivity index (χ3v) is 3.87. The van der Waals surface area contributed by atoms with Gasteiger partial charge in [-0.2, -0.15) is 0 Å². The first-order valence-electron chi connectivity index (χ1n) is 3.49. The fraction of sp³-hybridized carbons (Fsp3) is 0.111. The van der Waals surface area contributed by atoms with E-state index in [1.54, 1.807) is 5.19 Å². The molecule has 1 aliphatic rings. The topological polar surface area (TPSA) is 0 Å². The number of benzene rings is 1. The SMILES string of the molecule is C[Si]1C=Cc2ccccc21. The molecule has 0 saturated heterocycles. The van der Waals surface area contributed by atoms with E-state index in [0.717, 1.165) is 0 Å². The van der Waals surface area contributed by atoms with Gasteiger partial charge in [0.2, 0.25) is 0 Å². The average Bonchev–Trinajstić information content (AvgIpc) is 2.34. The van der Waals surface area contributed by atoms with Crippen LogP contribution in [0.15, 0.2) is 30.0 Å². The summed E-state index contributed by atoms with van der Waals surface area (Å²) in [5.41, 5.74) is 3.77. The molecule has 0 nitrogen and oxygen atoms in total. The first-order chi connectivity index (χ1) is 4.88. The molecule has 0 unspecified atom stereocenters. The number of fused-ring (bicyclic) bond motifs is 1. The second kappa shape index (κ2) is 2.10. The first kappa shape index (κ1) is 5.92. The van der Waals surface area contributed by atoms with Crippen LogP contribution in [-0.2, 0) is 0 Å². The highest BCUT2D eigenvalue weighted by Crippen LogP contribution is 2.08. The van der Waals surface area contributed by atoms with Crippen LogP contribution in [0, 0.1) is 0 Å². The predicted molar refractivity (Wildman–Crippen MR) is 46.7 cm³/mol. The van der Waals surface area contributed by atoms with Gasteiger partial charge in [-0.3, -0.25) is 0 Å². The molecule has 1 heteroatoms. The van der Waals surface area contributed by atoms with Gasteiger partial charge in [-0.15, -0.1) is 0 Å². The summed E-state index contributed by atoms with van der Waals surface area (Å²) in [7, 11) is -0.295. The molecule has 1 aliphatic heterocycles. The van der Waals surface area contributed by atoms with Crippen LogP contribution in [0.4, 0.5) is 0 Å². The van der Waals surface area contributed by atoms with E-state index in [4.69, 9.17) is 0 Å². The van der Waals surface area contributed by atoms with E-state index in [1.165, 1.54) is 5.56 Å². The van der Waals surface area contributed by atoms with E-state index < -0.39 is 0 Å². The molecular weight excluding hydrogens is 136 g/mol. The van der Waals surface area contributed by atoms with Gasteiger partial charge in [0, 0.05) is 0 Å². The average molecular weight is 145 g/mol. The number of hydrogen-bond donors (Lipinski definition) is 0. The normalized spacial score (nSPS) is 15.7. The summed E-state index contributed by atoms with van der Waals surface area (Å²) in [4.78, 5) is 0. The van der Waals surface area contributed by atoms with E-state index >= 15 is 0 Å². The van der Waals surface area contributed by atoms with E-state index in [9.17, 15) is 0 Å². The second-order valence-corrected chi connectivity index (χ2v) is 4.84. The number of hydrogen-bond acceptors (Lipinski definition) is 0. The highest BCUT2D eigenvalue weighted by atomic mass is 28.3. The largest absolute Gasteiger partial charge is 0.110 e. The molecule has 1 heterocycles. The molecule has 0 N–H and O–H groups in total. The Balaban J connectivity index is 2.59. The quantitative estimate of drug-likeness (QED) is 0.486. The molecule has 2 rings (SSSR count). The molecule has 0 aromatic heterocycles. The van der Waals surface area contributed by atoms with Crippen LogP contribution < -0.4 is 5.19 Å². The zero-order chi connectivity index (χ0) is 6.97. The zero-order valence-electron chi connectivity index (χ0n) is 5.96. The lowest BCUT2D eigenvalue weighted by Gasteiger charge is -1.99. The Morgan fingerprint density at radius 3 is 2.80 bits per heavy atom. The minimum absolute atomic E-state index is 0.295. The van der Waals surface area contributed by atoms with Gasteiger partial charge in [0.25, 0.3) is 0 Å². The molecular formula is C9H9Si. The summed E-state index contributed by atoms with van der Waals surface area (Å²) in [6.07, 6.45) is 2.24. The predicted octanol–water partition coefficient (Wildman–Crippen LogP) is 1.58. The van der Waals surface area contributed by atoms with E-state index in [2.05, 4.69) is 42.6 Å². The summed E-state index contributed by atoms with van der Waals surface area (Å²) in [5, 5.41) is 1.56. The van der Waals surface area contributed by atoms with Crippen molar-refractivity contribution in [3.63, 3.8) is 0 Å².